The maximum atomic E-state index is 12.9. The van der Waals surface area contributed by atoms with Crippen molar-refractivity contribution in [1.82, 2.24) is 0 Å². The van der Waals surface area contributed by atoms with Crippen LogP contribution in [0.3, 0.4) is 0 Å². The van der Waals surface area contributed by atoms with E-state index in [1.165, 1.54) is 29.2 Å². The first kappa shape index (κ1) is 21.7. The molecule has 0 radical (unpaired) electrons. The van der Waals surface area contributed by atoms with Crippen LogP contribution in [0.4, 0.5) is 11.4 Å². The lowest BCUT2D eigenvalue weighted by atomic mass is 9.81. The number of imide groups is 1. The van der Waals surface area contributed by atoms with Crippen LogP contribution in [0.2, 0.25) is 0 Å². The number of nitrogens with one attached hydrogen (secondary N) is 1. The van der Waals surface area contributed by atoms with Crippen molar-refractivity contribution < 1.29 is 24.3 Å². The molecule has 2 fully saturated rings. The van der Waals surface area contributed by atoms with Gasteiger partial charge in [0.25, 0.3) is 5.91 Å². The van der Waals surface area contributed by atoms with Crippen molar-refractivity contribution in [2.75, 3.05) is 10.2 Å². The van der Waals surface area contributed by atoms with E-state index in [-0.39, 0.29) is 38.9 Å². The number of alkyl halides is 2. The summed E-state index contributed by atoms with van der Waals surface area (Å²) in [4.78, 5) is 50.9. The van der Waals surface area contributed by atoms with Crippen molar-refractivity contribution in [3.63, 3.8) is 0 Å². The lowest BCUT2D eigenvalue weighted by Crippen LogP contribution is -2.34. The zero-order chi connectivity index (χ0) is 22.3. The second kappa shape index (κ2) is 8.55. The van der Waals surface area contributed by atoms with Gasteiger partial charge >= 0.3 is 5.97 Å². The van der Waals surface area contributed by atoms with Crippen LogP contribution in [0.1, 0.15) is 33.6 Å². The minimum absolute atomic E-state index is 0.0668. The molecular weight excluding hydrogens is 532 g/mol. The van der Waals surface area contributed by atoms with E-state index in [1.807, 2.05) is 0 Å². The molecule has 1 aliphatic heterocycles. The Balaban J connectivity index is 1.50. The fourth-order valence-electron chi connectivity index (χ4n) is 4.04. The van der Waals surface area contributed by atoms with E-state index in [0.717, 1.165) is 0 Å². The third-order valence-electron chi connectivity index (χ3n) is 5.67. The van der Waals surface area contributed by atoms with Crippen LogP contribution in [-0.4, -0.2) is 38.5 Å². The van der Waals surface area contributed by atoms with E-state index in [1.54, 1.807) is 24.3 Å². The van der Waals surface area contributed by atoms with Crippen molar-refractivity contribution in [1.29, 1.82) is 0 Å². The number of benzene rings is 2. The highest BCUT2D eigenvalue weighted by Crippen LogP contribution is 2.44. The van der Waals surface area contributed by atoms with E-state index in [2.05, 4.69) is 37.2 Å². The largest absolute Gasteiger partial charge is 0.478 e. The first-order valence-corrected chi connectivity index (χ1v) is 11.5. The molecule has 0 unspecified atom stereocenters. The average molecular weight is 550 g/mol. The monoisotopic (exact) mass is 548 g/mol. The molecule has 2 aromatic carbocycles. The Hall–Kier alpha value is -2.52. The number of carboxylic acids is 1. The Morgan fingerprint density at radius 3 is 2.03 bits per heavy atom. The molecule has 3 amide bonds. The highest BCUT2D eigenvalue weighted by atomic mass is 79.9. The van der Waals surface area contributed by atoms with Crippen molar-refractivity contribution in [2.45, 2.75) is 22.5 Å². The summed E-state index contributed by atoms with van der Waals surface area (Å²) in [5.41, 5.74) is 1.18. The molecular formula is C22H18Br2N2O5. The zero-order valence-electron chi connectivity index (χ0n) is 16.1. The predicted octanol–water partition coefficient (Wildman–Crippen LogP) is 4.06. The molecule has 160 valence electrons. The smallest absolute Gasteiger partial charge is 0.335 e. The molecule has 31 heavy (non-hydrogen) atoms. The molecule has 9 heteroatoms. The van der Waals surface area contributed by atoms with Gasteiger partial charge in [0.1, 0.15) is 0 Å². The van der Waals surface area contributed by atoms with E-state index in [4.69, 9.17) is 5.11 Å². The van der Waals surface area contributed by atoms with E-state index in [9.17, 15) is 19.2 Å². The average Bonchev–Trinajstić information content (AvgIpc) is 2.98. The van der Waals surface area contributed by atoms with Crippen LogP contribution in [-0.2, 0) is 9.59 Å². The van der Waals surface area contributed by atoms with Crippen LogP contribution in [0.5, 0.6) is 0 Å². The van der Waals surface area contributed by atoms with Crippen LogP contribution in [0, 0.1) is 11.8 Å². The van der Waals surface area contributed by atoms with Crippen molar-refractivity contribution in [2.24, 2.45) is 11.8 Å². The Morgan fingerprint density at radius 2 is 1.48 bits per heavy atom. The highest BCUT2D eigenvalue weighted by Gasteiger charge is 2.52. The van der Waals surface area contributed by atoms with E-state index < -0.39 is 11.9 Å². The molecule has 0 spiro atoms. The second-order valence-electron chi connectivity index (χ2n) is 7.62. The molecule has 1 saturated heterocycles. The molecule has 0 aromatic heterocycles. The van der Waals surface area contributed by atoms with Gasteiger partial charge in [0, 0.05) is 20.9 Å². The minimum atomic E-state index is -1.08. The number of carbonyl (C=O) groups is 4. The Morgan fingerprint density at radius 1 is 0.903 bits per heavy atom. The van der Waals surface area contributed by atoms with Gasteiger partial charge in [0.2, 0.25) is 11.8 Å². The van der Waals surface area contributed by atoms with Gasteiger partial charge in [-0.05, 0) is 55.3 Å². The summed E-state index contributed by atoms with van der Waals surface area (Å²) in [5, 5.41) is 11.7. The summed E-state index contributed by atoms with van der Waals surface area (Å²) in [5.74, 6) is -2.60. The number of carbonyl (C=O) groups excluding carboxylic acids is 3. The highest BCUT2D eigenvalue weighted by molar-refractivity contribution is 9.12. The number of hydrogen-bond donors (Lipinski definition) is 2. The number of rotatable bonds is 4. The molecule has 1 saturated carbocycles. The van der Waals surface area contributed by atoms with Gasteiger partial charge in [-0.25, -0.2) is 4.79 Å². The van der Waals surface area contributed by atoms with Crippen LogP contribution in [0.25, 0.3) is 0 Å². The van der Waals surface area contributed by atoms with Crippen LogP contribution in [0.15, 0.2) is 48.5 Å². The molecule has 7 nitrogen and oxygen atoms in total. The normalized spacial score (nSPS) is 25.3. The lowest BCUT2D eigenvalue weighted by Gasteiger charge is -2.29. The number of hydrogen-bond acceptors (Lipinski definition) is 4. The maximum Gasteiger partial charge on any atom is 0.335 e. The SMILES string of the molecule is O=C(O)c1cccc(NC(=O)c2ccc(N3C(=O)[C@@H]4C[C@@H](Br)[C@@H](Br)C[C@H]4C3=O)cc2)c1. The standard InChI is InChI=1S/C22H18Br2N2O5/c23-17-9-15-16(10-18(17)24)21(29)26(20(15)28)14-6-4-11(5-7-14)19(27)25-13-3-1-2-12(8-13)22(30)31/h1-8,15-18H,9-10H2,(H,25,27)(H,30,31)/t15-,16-,17-,18+/m1/s1. The number of fused-ring (bicyclic) bond motifs is 1. The van der Waals surface area contributed by atoms with Gasteiger partial charge in [0.15, 0.2) is 0 Å². The molecule has 4 atom stereocenters. The Labute approximate surface area is 195 Å². The summed E-state index contributed by atoms with van der Waals surface area (Å²) in [7, 11) is 0. The number of anilines is 2. The second-order valence-corrected chi connectivity index (χ2v) is 9.97. The van der Waals surface area contributed by atoms with Crippen LogP contribution >= 0.6 is 31.9 Å². The molecule has 4 rings (SSSR count). The molecule has 2 aromatic rings. The van der Waals surface area contributed by atoms with Crippen molar-refractivity contribution in [3.05, 3.63) is 59.7 Å². The third kappa shape index (κ3) is 4.16. The van der Waals surface area contributed by atoms with Crippen LogP contribution < -0.4 is 10.2 Å². The number of carboxylic acid groups (broad SMARTS) is 1. The first-order chi connectivity index (χ1) is 14.8. The zero-order valence-corrected chi connectivity index (χ0v) is 19.3. The summed E-state index contributed by atoms with van der Waals surface area (Å²) in [6, 6.07) is 12.2. The van der Waals surface area contributed by atoms with Gasteiger partial charge in [-0.3, -0.25) is 19.3 Å². The number of aromatic carboxylic acids is 1. The van der Waals surface area contributed by atoms with Crippen molar-refractivity contribution in [3.8, 4) is 0 Å². The maximum absolute atomic E-state index is 12.9. The van der Waals surface area contributed by atoms with Crippen molar-refractivity contribution >= 4 is 66.9 Å². The summed E-state index contributed by atoms with van der Waals surface area (Å²) in [6.45, 7) is 0. The molecule has 2 aliphatic rings. The quantitative estimate of drug-likeness (QED) is 0.442. The number of halogens is 2. The predicted molar refractivity (Wildman–Crippen MR) is 122 cm³/mol. The molecule has 1 aliphatic carbocycles. The fraction of sp³-hybridized carbons (Fsp3) is 0.273. The first-order valence-electron chi connectivity index (χ1n) is 9.67. The van der Waals surface area contributed by atoms with Gasteiger partial charge in [-0.15, -0.1) is 0 Å². The summed E-state index contributed by atoms with van der Waals surface area (Å²) >= 11 is 7.15. The Bertz CT molecular complexity index is 1040. The fourth-order valence-corrected chi connectivity index (χ4v) is 5.28. The third-order valence-corrected chi connectivity index (χ3v) is 8.40. The summed E-state index contributed by atoms with van der Waals surface area (Å²) < 4.78 is 0. The molecule has 0 bridgehead atoms. The Kier molecular flexibility index (Phi) is 5.98. The molecule has 2 N–H and O–H groups in total. The van der Waals surface area contributed by atoms with Gasteiger partial charge in [-0.2, -0.15) is 0 Å². The van der Waals surface area contributed by atoms with Gasteiger partial charge in [0.05, 0.1) is 23.1 Å². The minimum Gasteiger partial charge on any atom is -0.478 e. The number of nitrogens with zero attached hydrogens (tertiary/aromatic N) is 1. The summed E-state index contributed by atoms with van der Waals surface area (Å²) in [6.07, 6.45) is 1.19. The van der Waals surface area contributed by atoms with Gasteiger partial charge in [-0.1, -0.05) is 37.9 Å². The lowest BCUT2D eigenvalue weighted by molar-refractivity contribution is -0.122. The number of amides is 3. The van der Waals surface area contributed by atoms with Gasteiger partial charge < -0.3 is 10.4 Å². The van der Waals surface area contributed by atoms with E-state index >= 15 is 0 Å². The van der Waals surface area contributed by atoms with E-state index in [0.29, 0.717) is 29.8 Å². The molecule has 1 heterocycles. The topological polar surface area (TPSA) is 104 Å².